The van der Waals surface area contributed by atoms with E-state index in [9.17, 15) is 21.9 Å². The van der Waals surface area contributed by atoms with Gasteiger partial charge in [0.2, 0.25) is 0 Å². The number of nitrogens with one attached hydrogen (secondary N) is 2. The van der Waals surface area contributed by atoms with Crippen LogP contribution in [-0.2, 0) is 25.6 Å². The fourth-order valence-electron chi connectivity index (χ4n) is 5.88. The molecule has 0 saturated heterocycles. The van der Waals surface area contributed by atoms with Crippen LogP contribution in [0.25, 0.3) is 23.1 Å². The highest BCUT2D eigenvalue weighted by Crippen LogP contribution is 2.33. The van der Waals surface area contributed by atoms with Gasteiger partial charge in [0, 0.05) is 30.0 Å². The van der Waals surface area contributed by atoms with E-state index in [0.717, 1.165) is 32.6 Å². The molecule has 7 rings (SSSR count). The number of anilines is 2. The van der Waals surface area contributed by atoms with Crippen LogP contribution in [0.3, 0.4) is 0 Å². The first-order valence-electron chi connectivity index (χ1n) is 14.9. The molecule has 13 heteroatoms. The molecule has 242 valence electrons. The van der Waals surface area contributed by atoms with Crippen molar-refractivity contribution in [2.45, 2.75) is 22.3 Å². The fourth-order valence-corrected chi connectivity index (χ4v) is 7.90. The Bertz CT molecular complexity index is 2510. The monoisotopic (exact) mass is 678 g/mol. The minimum absolute atomic E-state index is 0.0921. The molecule has 3 N–H and O–H groups in total. The SMILES string of the molecule is CN1n2c(/c(=C\c3ccc(S(=O)(=O)Nc4ccccn4)cc3)c3cc(O)ccc32)=CC1(C)c1ccc(S(=O)(=O)Nc2ccccn2)cc1. The molecule has 0 spiro atoms. The zero-order valence-electron chi connectivity index (χ0n) is 25.8. The lowest BCUT2D eigenvalue weighted by Crippen LogP contribution is -2.44. The summed E-state index contributed by atoms with van der Waals surface area (Å²) in [5.74, 6) is 0.574. The first kappa shape index (κ1) is 31.0. The molecule has 6 aromatic rings. The standard InChI is InChI=1S/C35H30N6O5S2/c1-35(25-11-16-28(17-12-25)48(45,46)39-34-8-4-6-20-37-34)23-32-29(30-22-26(42)13-18-31(30)41(32)40(35)2)21-24-9-14-27(15-10-24)47(43,44)38-33-7-3-5-19-36-33/h3-23,42H,1-2H3,(H,36,38)(H,37,39)/b29-21-. The predicted octanol–water partition coefficient (Wildman–Crippen LogP) is 3.84. The van der Waals surface area contributed by atoms with Gasteiger partial charge in [-0.2, -0.15) is 0 Å². The van der Waals surface area contributed by atoms with Gasteiger partial charge in [0.05, 0.1) is 26.2 Å². The molecule has 48 heavy (non-hydrogen) atoms. The van der Waals surface area contributed by atoms with E-state index < -0.39 is 25.6 Å². The average Bonchev–Trinajstić information content (AvgIpc) is 3.51. The van der Waals surface area contributed by atoms with Crippen molar-refractivity contribution >= 4 is 54.7 Å². The Morgan fingerprint density at radius 1 is 0.750 bits per heavy atom. The zero-order chi connectivity index (χ0) is 33.7. The van der Waals surface area contributed by atoms with Crippen LogP contribution in [0.4, 0.5) is 11.6 Å². The molecule has 3 aromatic heterocycles. The van der Waals surface area contributed by atoms with Crippen LogP contribution in [0.15, 0.2) is 125 Å². The lowest BCUT2D eigenvalue weighted by molar-refractivity contribution is 0.476. The van der Waals surface area contributed by atoms with Gasteiger partial charge in [0.1, 0.15) is 17.4 Å². The maximum Gasteiger partial charge on any atom is 0.263 e. The van der Waals surface area contributed by atoms with Crippen molar-refractivity contribution in [3.05, 3.63) is 137 Å². The summed E-state index contributed by atoms with van der Waals surface area (Å²) in [4.78, 5) is 8.29. The Balaban J connectivity index is 1.27. The summed E-state index contributed by atoms with van der Waals surface area (Å²) in [6, 6.07) is 28.4. The topological polar surface area (TPSA) is 147 Å². The van der Waals surface area contributed by atoms with E-state index >= 15 is 0 Å². The Labute approximate surface area is 277 Å². The minimum atomic E-state index is -3.85. The van der Waals surface area contributed by atoms with Gasteiger partial charge in [-0.15, -0.1) is 0 Å². The number of phenolic OH excluding ortho intramolecular Hbond substituents is 1. The number of pyridine rings is 2. The second-order valence-electron chi connectivity index (χ2n) is 11.5. The lowest BCUT2D eigenvalue weighted by atomic mass is 9.91. The third-order valence-corrected chi connectivity index (χ3v) is 11.2. The van der Waals surface area contributed by atoms with E-state index in [2.05, 4.69) is 35.2 Å². The van der Waals surface area contributed by atoms with Crippen molar-refractivity contribution in [2.75, 3.05) is 21.5 Å². The molecule has 0 aliphatic carbocycles. The van der Waals surface area contributed by atoms with E-state index in [4.69, 9.17) is 0 Å². The van der Waals surface area contributed by atoms with Crippen LogP contribution in [0, 0.1) is 0 Å². The molecule has 1 atom stereocenters. The molecule has 11 nitrogen and oxygen atoms in total. The Hall–Kier alpha value is -5.66. The van der Waals surface area contributed by atoms with Crippen LogP contribution in [0.5, 0.6) is 5.75 Å². The number of hydrogen-bond acceptors (Lipinski definition) is 8. The third kappa shape index (κ3) is 5.52. The van der Waals surface area contributed by atoms with Crippen LogP contribution in [0.2, 0.25) is 0 Å². The average molecular weight is 679 g/mol. The molecule has 0 radical (unpaired) electrons. The first-order chi connectivity index (χ1) is 22.9. The minimum Gasteiger partial charge on any atom is -0.508 e. The third-order valence-electron chi connectivity index (χ3n) is 8.45. The van der Waals surface area contributed by atoms with Crippen molar-refractivity contribution in [1.82, 2.24) is 14.6 Å². The van der Waals surface area contributed by atoms with Crippen LogP contribution in [0.1, 0.15) is 18.1 Å². The maximum absolute atomic E-state index is 13.0. The Morgan fingerprint density at radius 2 is 1.31 bits per heavy atom. The summed E-state index contributed by atoms with van der Waals surface area (Å²) in [5.41, 5.74) is 1.80. The summed E-state index contributed by atoms with van der Waals surface area (Å²) in [7, 11) is -5.74. The highest BCUT2D eigenvalue weighted by molar-refractivity contribution is 7.93. The van der Waals surface area contributed by atoms with Crippen LogP contribution >= 0.6 is 0 Å². The van der Waals surface area contributed by atoms with E-state index in [1.54, 1.807) is 84.9 Å². The van der Waals surface area contributed by atoms with Gasteiger partial charge in [0.15, 0.2) is 0 Å². The Morgan fingerprint density at radius 3 is 1.85 bits per heavy atom. The lowest BCUT2D eigenvalue weighted by Gasteiger charge is -2.35. The van der Waals surface area contributed by atoms with Gasteiger partial charge in [-0.05, 0) is 96.9 Å². The highest BCUT2D eigenvalue weighted by atomic mass is 32.2. The summed E-state index contributed by atoms with van der Waals surface area (Å²) in [5, 5.41) is 15.0. The predicted molar refractivity (Wildman–Crippen MR) is 185 cm³/mol. The van der Waals surface area contributed by atoms with Crippen molar-refractivity contribution in [1.29, 1.82) is 0 Å². The molecule has 1 aliphatic rings. The molecule has 4 heterocycles. The molecule has 0 bridgehead atoms. The molecular formula is C35H30N6O5S2. The quantitative estimate of drug-likeness (QED) is 0.220. The summed E-state index contributed by atoms with van der Waals surface area (Å²) < 4.78 is 59.0. The smallest absolute Gasteiger partial charge is 0.263 e. The number of fused-ring (bicyclic) bond motifs is 3. The van der Waals surface area contributed by atoms with Crippen molar-refractivity contribution in [2.24, 2.45) is 0 Å². The van der Waals surface area contributed by atoms with Crippen molar-refractivity contribution in [3.8, 4) is 5.75 Å². The first-order valence-corrected chi connectivity index (χ1v) is 17.8. The molecule has 1 unspecified atom stereocenters. The Kier molecular flexibility index (Phi) is 7.45. The number of aromatic hydroxyl groups is 1. The number of nitrogens with zero attached hydrogens (tertiary/aromatic N) is 4. The van der Waals surface area contributed by atoms with Gasteiger partial charge in [-0.3, -0.25) is 14.1 Å². The van der Waals surface area contributed by atoms with Gasteiger partial charge in [-0.1, -0.05) is 36.4 Å². The number of benzene rings is 3. The van der Waals surface area contributed by atoms with Gasteiger partial charge >= 0.3 is 0 Å². The molecule has 0 amide bonds. The van der Waals surface area contributed by atoms with Crippen molar-refractivity contribution in [3.63, 3.8) is 0 Å². The number of sulfonamides is 2. The zero-order valence-corrected chi connectivity index (χ0v) is 27.4. The van der Waals surface area contributed by atoms with E-state index in [1.807, 2.05) is 26.1 Å². The molecular weight excluding hydrogens is 649 g/mol. The normalized spacial score (nSPS) is 16.5. The summed E-state index contributed by atoms with van der Waals surface area (Å²) >= 11 is 0. The molecule has 0 fully saturated rings. The maximum atomic E-state index is 13.0. The fraction of sp³-hybridized carbons (Fsp3) is 0.0857. The summed E-state index contributed by atoms with van der Waals surface area (Å²) in [6.07, 6.45) is 7.07. The van der Waals surface area contributed by atoms with Crippen molar-refractivity contribution < 1.29 is 21.9 Å². The van der Waals surface area contributed by atoms with Gasteiger partial charge in [0.25, 0.3) is 20.0 Å². The number of phenols is 1. The number of hydrogen-bond donors (Lipinski definition) is 3. The molecule has 1 aliphatic heterocycles. The summed E-state index contributed by atoms with van der Waals surface area (Å²) in [6.45, 7) is 2.04. The van der Waals surface area contributed by atoms with Crippen LogP contribution < -0.4 is 25.0 Å². The largest absolute Gasteiger partial charge is 0.508 e. The van der Waals surface area contributed by atoms with E-state index in [0.29, 0.717) is 0 Å². The van der Waals surface area contributed by atoms with Gasteiger partial charge < -0.3 is 10.1 Å². The second kappa shape index (κ2) is 11.5. The van der Waals surface area contributed by atoms with Gasteiger partial charge in [-0.25, -0.2) is 26.8 Å². The number of rotatable bonds is 8. The molecule has 3 aromatic carbocycles. The van der Waals surface area contributed by atoms with E-state index in [-0.39, 0.29) is 27.2 Å². The molecule has 0 saturated carbocycles. The van der Waals surface area contributed by atoms with E-state index in [1.165, 1.54) is 24.5 Å². The number of aromatic nitrogens is 3. The highest BCUT2D eigenvalue weighted by Gasteiger charge is 2.36. The second-order valence-corrected chi connectivity index (χ2v) is 14.9. The van der Waals surface area contributed by atoms with Crippen LogP contribution in [-0.4, -0.2) is 43.6 Å².